The first-order valence-corrected chi connectivity index (χ1v) is 10.4. The van der Waals surface area contributed by atoms with E-state index in [2.05, 4.69) is 27.6 Å². The van der Waals surface area contributed by atoms with Crippen molar-refractivity contribution in [3.63, 3.8) is 0 Å². The van der Waals surface area contributed by atoms with Crippen molar-refractivity contribution in [1.82, 2.24) is 20.5 Å². The number of rotatable bonds is 7. The van der Waals surface area contributed by atoms with Crippen LogP contribution in [0.3, 0.4) is 0 Å². The average Bonchev–Trinajstić information content (AvgIpc) is 3.19. The van der Waals surface area contributed by atoms with Crippen LogP contribution in [0, 0.1) is 0 Å². The Labute approximate surface area is 167 Å². The van der Waals surface area contributed by atoms with Crippen molar-refractivity contribution in [3.8, 4) is 5.88 Å². The predicted molar refractivity (Wildman–Crippen MR) is 107 cm³/mol. The van der Waals surface area contributed by atoms with Crippen molar-refractivity contribution in [1.29, 1.82) is 0 Å². The van der Waals surface area contributed by atoms with Gasteiger partial charge in [-0.1, -0.05) is 18.9 Å². The fourth-order valence-corrected chi connectivity index (χ4v) is 4.94. The predicted octanol–water partition coefficient (Wildman–Crippen LogP) is 3.42. The van der Waals surface area contributed by atoms with E-state index >= 15 is 0 Å². The molecule has 6 heteroatoms. The highest BCUT2D eigenvalue weighted by molar-refractivity contribution is 5.21. The van der Waals surface area contributed by atoms with Crippen LogP contribution in [0.25, 0.3) is 0 Å². The molecule has 6 nitrogen and oxygen atoms in total. The van der Waals surface area contributed by atoms with Crippen LogP contribution >= 0.6 is 0 Å². The molecule has 0 bridgehead atoms. The fourth-order valence-electron chi connectivity index (χ4n) is 4.94. The SMILES string of the molecule is COc1cc(CNCC[C@@]2(c3ccccn3)CCOC3(CCCC3)C2)cnn1. The van der Waals surface area contributed by atoms with Gasteiger partial charge in [0.25, 0.3) is 0 Å². The minimum atomic E-state index is 0.0676. The molecule has 150 valence electrons. The zero-order chi connectivity index (χ0) is 19.3. The highest BCUT2D eigenvalue weighted by atomic mass is 16.5. The van der Waals surface area contributed by atoms with Gasteiger partial charge in [0.15, 0.2) is 0 Å². The molecule has 2 aromatic heterocycles. The summed E-state index contributed by atoms with van der Waals surface area (Å²) in [5, 5.41) is 11.5. The summed E-state index contributed by atoms with van der Waals surface area (Å²) in [6, 6.07) is 8.25. The quantitative estimate of drug-likeness (QED) is 0.740. The Bertz CT molecular complexity index is 764. The molecule has 0 radical (unpaired) electrons. The molecule has 3 heterocycles. The lowest BCUT2D eigenvalue weighted by atomic mass is 9.68. The Morgan fingerprint density at radius 3 is 2.89 bits per heavy atom. The van der Waals surface area contributed by atoms with Crippen molar-refractivity contribution in [2.45, 2.75) is 62.5 Å². The van der Waals surface area contributed by atoms with Gasteiger partial charge in [0, 0.05) is 36.5 Å². The molecule has 2 aromatic rings. The number of nitrogens with zero attached hydrogens (tertiary/aromatic N) is 3. The van der Waals surface area contributed by atoms with E-state index in [9.17, 15) is 0 Å². The molecule has 0 unspecified atom stereocenters. The maximum absolute atomic E-state index is 6.33. The molecule has 4 rings (SSSR count). The zero-order valence-corrected chi connectivity index (χ0v) is 16.7. The maximum Gasteiger partial charge on any atom is 0.233 e. The van der Waals surface area contributed by atoms with Crippen LogP contribution < -0.4 is 10.1 Å². The van der Waals surface area contributed by atoms with Gasteiger partial charge >= 0.3 is 0 Å². The van der Waals surface area contributed by atoms with Crippen molar-refractivity contribution >= 4 is 0 Å². The first-order chi connectivity index (χ1) is 13.7. The third kappa shape index (κ3) is 4.18. The second kappa shape index (κ2) is 8.53. The van der Waals surface area contributed by atoms with E-state index in [1.807, 2.05) is 18.3 Å². The molecular weight excluding hydrogens is 352 g/mol. The summed E-state index contributed by atoms with van der Waals surface area (Å²) in [7, 11) is 1.61. The number of ether oxygens (including phenoxy) is 2. The van der Waals surface area contributed by atoms with E-state index in [1.165, 1.54) is 31.4 Å². The molecule has 1 spiro atoms. The van der Waals surface area contributed by atoms with Crippen LogP contribution in [0.2, 0.25) is 0 Å². The number of hydrogen-bond acceptors (Lipinski definition) is 6. The summed E-state index contributed by atoms with van der Waals surface area (Å²) in [6.07, 6.45) is 11.9. The normalized spacial score (nSPS) is 23.8. The molecule has 28 heavy (non-hydrogen) atoms. The average molecular weight is 383 g/mol. The molecule has 0 aromatic carbocycles. The number of aromatic nitrogens is 3. The van der Waals surface area contributed by atoms with Crippen LogP contribution in [0.15, 0.2) is 36.7 Å². The van der Waals surface area contributed by atoms with Gasteiger partial charge in [0.1, 0.15) is 0 Å². The zero-order valence-electron chi connectivity index (χ0n) is 16.7. The van der Waals surface area contributed by atoms with Crippen molar-refractivity contribution in [3.05, 3.63) is 47.9 Å². The van der Waals surface area contributed by atoms with Crippen LogP contribution in [0.1, 0.15) is 56.2 Å². The third-order valence-electron chi connectivity index (χ3n) is 6.38. The van der Waals surface area contributed by atoms with Crippen LogP contribution in [0.4, 0.5) is 0 Å². The van der Waals surface area contributed by atoms with E-state index in [0.29, 0.717) is 5.88 Å². The Balaban J connectivity index is 1.44. The molecular formula is C22H30N4O2. The minimum Gasteiger partial charge on any atom is -0.480 e. The standard InChI is InChI=1S/C22H30N4O2/c1-27-20-14-18(16-25-26-20)15-23-12-9-21(19-6-2-5-11-24-19)10-13-28-22(17-21)7-3-4-8-22/h2,5-6,11,14,16,23H,3-4,7-10,12-13,15,17H2,1H3/t21-/m1/s1. The van der Waals surface area contributed by atoms with Gasteiger partial charge in [-0.3, -0.25) is 4.98 Å². The van der Waals surface area contributed by atoms with Crippen LogP contribution in [-0.2, 0) is 16.7 Å². The van der Waals surface area contributed by atoms with Gasteiger partial charge in [-0.15, -0.1) is 5.10 Å². The van der Waals surface area contributed by atoms with E-state index in [0.717, 1.165) is 44.5 Å². The summed E-state index contributed by atoms with van der Waals surface area (Å²) in [6.45, 7) is 2.52. The topological polar surface area (TPSA) is 69.2 Å². The van der Waals surface area contributed by atoms with E-state index in [4.69, 9.17) is 14.5 Å². The Kier molecular flexibility index (Phi) is 5.87. The molecule has 1 N–H and O–H groups in total. The van der Waals surface area contributed by atoms with E-state index < -0.39 is 0 Å². The Hall–Kier alpha value is -2.05. The van der Waals surface area contributed by atoms with Gasteiger partial charge in [0.05, 0.1) is 18.9 Å². The molecule has 2 fully saturated rings. The van der Waals surface area contributed by atoms with Gasteiger partial charge in [-0.25, -0.2) is 0 Å². The first-order valence-electron chi connectivity index (χ1n) is 10.4. The van der Waals surface area contributed by atoms with Crippen molar-refractivity contribution in [2.24, 2.45) is 0 Å². The smallest absolute Gasteiger partial charge is 0.233 e. The molecule has 1 atom stereocenters. The molecule has 0 amide bonds. The minimum absolute atomic E-state index is 0.0676. The lowest BCUT2D eigenvalue weighted by Gasteiger charge is -2.46. The fraction of sp³-hybridized carbons (Fsp3) is 0.591. The number of hydrogen-bond donors (Lipinski definition) is 1. The third-order valence-corrected chi connectivity index (χ3v) is 6.38. The second-order valence-corrected chi connectivity index (χ2v) is 8.19. The largest absolute Gasteiger partial charge is 0.480 e. The van der Waals surface area contributed by atoms with Crippen LogP contribution in [-0.4, -0.2) is 41.0 Å². The summed E-state index contributed by atoms with van der Waals surface area (Å²) < 4.78 is 11.5. The van der Waals surface area contributed by atoms with Gasteiger partial charge < -0.3 is 14.8 Å². The molecule has 1 saturated heterocycles. The molecule has 1 aliphatic heterocycles. The summed E-state index contributed by atoms with van der Waals surface area (Å²) >= 11 is 0. The number of pyridine rings is 1. The lowest BCUT2D eigenvalue weighted by Crippen LogP contribution is -2.47. The highest BCUT2D eigenvalue weighted by Crippen LogP contribution is 2.49. The Morgan fingerprint density at radius 2 is 2.11 bits per heavy atom. The van der Waals surface area contributed by atoms with Crippen molar-refractivity contribution < 1.29 is 9.47 Å². The molecule has 2 aliphatic rings. The van der Waals surface area contributed by atoms with E-state index in [-0.39, 0.29) is 11.0 Å². The highest BCUT2D eigenvalue weighted by Gasteiger charge is 2.48. The molecule has 1 aliphatic carbocycles. The first kappa shape index (κ1) is 19.3. The van der Waals surface area contributed by atoms with Gasteiger partial charge in [-0.2, -0.15) is 5.10 Å². The monoisotopic (exact) mass is 382 g/mol. The number of nitrogens with one attached hydrogen (secondary N) is 1. The Morgan fingerprint density at radius 1 is 1.21 bits per heavy atom. The van der Waals surface area contributed by atoms with Crippen molar-refractivity contribution in [2.75, 3.05) is 20.3 Å². The van der Waals surface area contributed by atoms with Gasteiger partial charge in [-0.05, 0) is 56.3 Å². The summed E-state index contributed by atoms with van der Waals surface area (Å²) in [5.74, 6) is 0.553. The van der Waals surface area contributed by atoms with Crippen LogP contribution in [0.5, 0.6) is 5.88 Å². The van der Waals surface area contributed by atoms with Gasteiger partial charge in [0.2, 0.25) is 5.88 Å². The lowest BCUT2D eigenvalue weighted by molar-refractivity contribution is -0.104. The summed E-state index contributed by atoms with van der Waals surface area (Å²) in [4.78, 5) is 4.77. The number of methoxy groups -OCH3 is 1. The maximum atomic E-state index is 6.33. The second-order valence-electron chi connectivity index (χ2n) is 8.19. The van der Waals surface area contributed by atoms with E-state index in [1.54, 1.807) is 13.3 Å². The molecule has 1 saturated carbocycles. The summed E-state index contributed by atoms with van der Waals surface area (Å²) in [5.41, 5.74) is 2.46.